The summed E-state index contributed by atoms with van der Waals surface area (Å²) in [4.78, 5) is 40.9. The standard InChI is InChI=1S/C20H20N2O3/c1-4-21(5-2)18(23)14-10-11-15-16(12-14)20(25)22(19(15)24)17-9-7-6-8-13(17)3/h6-12H,4-5H2,1-3H3. The van der Waals surface area contributed by atoms with Crippen molar-refractivity contribution in [1.82, 2.24) is 4.90 Å². The quantitative estimate of drug-likeness (QED) is 0.805. The van der Waals surface area contributed by atoms with E-state index in [1.54, 1.807) is 29.2 Å². The summed E-state index contributed by atoms with van der Waals surface area (Å²) in [5.41, 5.74) is 2.47. The summed E-state index contributed by atoms with van der Waals surface area (Å²) in [6, 6.07) is 12.0. The molecule has 1 aliphatic rings. The molecule has 0 saturated carbocycles. The van der Waals surface area contributed by atoms with Gasteiger partial charge < -0.3 is 4.90 Å². The maximum Gasteiger partial charge on any atom is 0.266 e. The summed E-state index contributed by atoms with van der Waals surface area (Å²) < 4.78 is 0. The van der Waals surface area contributed by atoms with Crippen molar-refractivity contribution in [2.45, 2.75) is 20.8 Å². The number of fused-ring (bicyclic) bond motifs is 1. The molecule has 5 nitrogen and oxygen atoms in total. The molecule has 0 spiro atoms. The predicted molar refractivity (Wildman–Crippen MR) is 96.0 cm³/mol. The molecular formula is C20H20N2O3. The van der Waals surface area contributed by atoms with Crippen LogP contribution in [0.25, 0.3) is 0 Å². The number of nitrogens with zero attached hydrogens (tertiary/aromatic N) is 2. The Labute approximate surface area is 146 Å². The van der Waals surface area contributed by atoms with Crippen LogP contribution < -0.4 is 4.90 Å². The SMILES string of the molecule is CCN(CC)C(=O)c1ccc2c(c1)C(=O)N(c1ccccc1C)C2=O. The van der Waals surface area contributed by atoms with E-state index in [0.717, 1.165) is 5.56 Å². The third-order valence-corrected chi connectivity index (χ3v) is 4.54. The summed E-state index contributed by atoms with van der Waals surface area (Å²) in [5, 5.41) is 0. The molecule has 5 heteroatoms. The molecule has 1 heterocycles. The lowest BCUT2D eigenvalue weighted by molar-refractivity contribution is 0.0772. The van der Waals surface area contributed by atoms with Gasteiger partial charge in [0.05, 0.1) is 16.8 Å². The van der Waals surface area contributed by atoms with Gasteiger partial charge in [-0.3, -0.25) is 14.4 Å². The van der Waals surface area contributed by atoms with Crippen LogP contribution in [0.1, 0.15) is 50.5 Å². The van der Waals surface area contributed by atoms with Crippen molar-refractivity contribution in [2.75, 3.05) is 18.0 Å². The molecule has 3 amide bonds. The molecule has 0 unspecified atom stereocenters. The molecule has 0 atom stereocenters. The Balaban J connectivity index is 2.02. The van der Waals surface area contributed by atoms with Crippen LogP contribution in [0.2, 0.25) is 0 Å². The van der Waals surface area contributed by atoms with Gasteiger partial charge >= 0.3 is 0 Å². The number of rotatable bonds is 4. The van der Waals surface area contributed by atoms with E-state index in [0.29, 0.717) is 29.9 Å². The normalized spacial score (nSPS) is 13.2. The van der Waals surface area contributed by atoms with Gasteiger partial charge in [0.25, 0.3) is 17.7 Å². The van der Waals surface area contributed by atoms with Crippen molar-refractivity contribution in [1.29, 1.82) is 0 Å². The Hall–Kier alpha value is -2.95. The van der Waals surface area contributed by atoms with Crippen molar-refractivity contribution >= 4 is 23.4 Å². The third-order valence-electron chi connectivity index (χ3n) is 4.54. The number of para-hydroxylation sites is 1. The van der Waals surface area contributed by atoms with Gasteiger partial charge in [0.1, 0.15) is 0 Å². The summed E-state index contributed by atoms with van der Waals surface area (Å²) in [7, 11) is 0. The molecule has 2 aromatic carbocycles. The van der Waals surface area contributed by atoms with E-state index in [-0.39, 0.29) is 23.3 Å². The highest BCUT2D eigenvalue weighted by Gasteiger charge is 2.37. The molecule has 0 N–H and O–H groups in total. The highest BCUT2D eigenvalue weighted by atomic mass is 16.2. The summed E-state index contributed by atoms with van der Waals surface area (Å²) in [5.74, 6) is -0.873. The van der Waals surface area contributed by atoms with Crippen molar-refractivity contribution in [3.8, 4) is 0 Å². The van der Waals surface area contributed by atoms with E-state index in [9.17, 15) is 14.4 Å². The van der Waals surface area contributed by atoms with Gasteiger partial charge in [-0.25, -0.2) is 4.90 Å². The van der Waals surface area contributed by atoms with Crippen LogP contribution in [0, 0.1) is 6.92 Å². The van der Waals surface area contributed by atoms with Crippen molar-refractivity contribution in [3.05, 3.63) is 64.7 Å². The minimum Gasteiger partial charge on any atom is -0.339 e. The van der Waals surface area contributed by atoms with Crippen LogP contribution in [0.5, 0.6) is 0 Å². The molecule has 0 fully saturated rings. The average molecular weight is 336 g/mol. The highest BCUT2D eigenvalue weighted by Crippen LogP contribution is 2.31. The largest absolute Gasteiger partial charge is 0.339 e. The average Bonchev–Trinajstić information content (AvgIpc) is 2.87. The second-order valence-electron chi connectivity index (χ2n) is 5.97. The van der Waals surface area contributed by atoms with E-state index in [2.05, 4.69) is 0 Å². The third kappa shape index (κ3) is 2.71. The second-order valence-corrected chi connectivity index (χ2v) is 5.97. The zero-order valence-corrected chi connectivity index (χ0v) is 14.6. The van der Waals surface area contributed by atoms with Crippen LogP contribution >= 0.6 is 0 Å². The highest BCUT2D eigenvalue weighted by molar-refractivity contribution is 6.35. The Bertz CT molecular complexity index is 869. The summed E-state index contributed by atoms with van der Waals surface area (Å²) >= 11 is 0. The molecule has 0 aromatic heterocycles. The summed E-state index contributed by atoms with van der Waals surface area (Å²) in [6.45, 7) is 6.85. The number of imide groups is 1. The number of benzene rings is 2. The smallest absolute Gasteiger partial charge is 0.266 e. The van der Waals surface area contributed by atoms with Gasteiger partial charge in [-0.2, -0.15) is 0 Å². The molecule has 128 valence electrons. The van der Waals surface area contributed by atoms with Gasteiger partial charge in [0.2, 0.25) is 0 Å². The zero-order valence-electron chi connectivity index (χ0n) is 14.6. The fourth-order valence-corrected chi connectivity index (χ4v) is 3.10. The Morgan fingerprint density at radius 2 is 1.60 bits per heavy atom. The first kappa shape index (κ1) is 16.9. The molecule has 0 radical (unpaired) electrons. The number of hydrogen-bond acceptors (Lipinski definition) is 3. The molecule has 0 aliphatic carbocycles. The Morgan fingerprint density at radius 1 is 0.960 bits per heavy atom. The van der Waals surface area contributed by atoms with Gasteiger partial charge in [0.15, 0.2) is 0 Å². The number of aryl methyl sites for hydroxylation is 1. The lowest BCUT2D eigenvalue weighted by Gasteiger charge is -2.18. The van der Waals surface area contributed by atoms with Gasteiger partial charge in [-0.1, -0.05) is 18.2 Å². The maximum absolute atomic E-state index is 12.8. The number of hydrogen-bond donors (Lipinski definition) is 0. The number of carbonyl (C=O) groups excluding carboxylic acids is 3. The van der Waals surface area contributed by atoms with Crippen molar-refractivity contribution in [3.63, 3.8) is 0 Å². The van der Waals surface area contributed by atoms with Crippen LogP contribution in [0.3, 0.4) is 0 Å². The molecule has 2 aromatic rings. The molecule has 3 rings (SSSR count). The van der Waals surface area contributed by atoms with Crippen molar-refractivity contribution < 1.29 is 14.4 Å². The molecule has 0 bridgehead atoms. The molecule has 1 aliphatic heterocycles. The Morgan fingerprint density at radius 3 is 2.24 bits per heavy atom. The maximum atomic E-state index is 12.8. The van der Waals surface area contributed by atoms with Crippen LogP contribution in [-0.2, 0) is 0 Å². The first-order chi connectivity index (χ1) is 12.0. The van der Waals surface area contributed by atoms with E-state index in [1.165, 1.54) is 11.0 Å². The molecule has 25 heavy (non-hydrogen) atoms. The number of anilines is 1. The lowest BCUT2D eigenvalue weighted by atomic mass is 10.0. The molecule has 0 saturated heterocycles. The van der Waals surface area contributed by atoms with Crippen molar-refractivity contribution in [2.24, 2.45) is 0 Å². The first-order valence-electron chi connectivity index (χ1n) is 8.37. The number of amides is 3. The fraction of sp³-hybridized carbons (Fsp3) is 0.250. The van der Waals surface area contributed by atoms with E-state index >= 15 is 0 Å². The minimum atomic E-state index is -0.386. The van der Waals surface area contributed by atoms with Crippen LogP contribution in [-0.4, -0.2) is 35.7 Å². The van der Waals surface area contributed by atoms with E-state index in [1.807, 2.05) is 32.9 Å². The lowest BCUT2D eigenvalue weighted by Crippen LogP contribution is -2.30. The topological polar surface area (TPSA) is 57.7 Å². The van der Waals surface area contributed by atoms with Crippen LogP contribution in [0.15, 0.2) is 42.5 Å². The fourth-order valence-electron chi connectivity index (χ4n) is 3.10. The number of carbonyl (C=O) groups is 3. The van der Waals surface area contributed by atoms with Gasteiger partial charge in [-0.05, 0) is 50.6 Å². The monoisotopic (exact) mass is 336 g/mol. The first-order valence-corrected chi connectivity index (χ1v) is 8.37. The van der Waals surface area contributed by atoms with E-state index < -0.39 is 0 Å². The Kier molecular flexibility index (Phi) is 4.40. The van der Waals surface area contributed by atoms with E-state index in [4.69, 9.17) is 0 Å². The second kappa shape index (κ2) is 6.51. The molecular weight excluding hydrogens is 316 g/mol. The predicted octanol–water partition coefficient (Wildman–Crippen LogP) is 3.28. The zero-order chi connectivity index (χ0) is 18.1. The van der Waals surface area contributed by atoms with Gasteiger partial charge in [0, 0.05) is 18.7 Å². The van der Waals surface area contributed by atoms with Gasteiger partial charge in [-0.15, -0.1) is 0 Å². The summed E-state index contributed by atoms with van der Waals surface area (Å²) in [6.07, 6.45) is 0. The minimum absolute atomic E-state index is 0.137. The van der Waals surface area contributed by atoms with Crippen LogP contribution in [0.4, 0.5) is 5.69 Å².